The van der Waals surface area contributed by atoms with Crippen LogP contribution in [0.4, 0.5) is 5.69 Å². The van der Waals surface area contributed by atoms with Gasteiger partial charge in [-0.3, -0.25) is 14.6 Å². The van der Waals surface area contributed by atoms with E-state index in [1.165, 1.54) is 6.20 Å². The molecule has 0 aliphatic carbocycles. The van der Waals surface area contributed by atoms with Crippen molar-refractivity contribution in [2.24, 2.45) is 0 Å². The Balaban J connectivity index is 1.68. The van der Waals surface area contributed by atoms with Crippen molar-refractivity contribution in [2.75, 3.05) is 38.0 Å². The SMILES string of the molecule is CCN1CCN(C(=O)c2ccnc(C(=O)Nc3ccc(C)cc3)c2)CC1. The van der Waals surface area contributed by atoms with E-state index in [0.29, 0.717) is 24.3 Å². The van der Waals surface area contributed by atoms with Crippen LogP contribution in [-0.2, 0) is 0 Å². The molecule has 6 nitrogen and oxygen atoms in total. The largest absolute Gasteiger partial charge is 0.336 e. The number of anilines is 1. The highest BCUT2D eigenvalue weighted by Gasteiger charge is 2.22. The van der Waals surface area contributed by atoms with Crippen LogP contribution in [0.15, 0.2) is 42.6 Å². The Labute approximate surface area is 153 Å². The number of rotatable bonds is 4. The molecule has 1 saturated heterocycles. The third-order valence-electron chi connectivity index (χ3n) is 4.66. The number of aryl methyl sites for hydroxylation is 1. The Hall–Kier alpha value is -2.73. The van der Waals surface area contributed by atoms with Gasteiger partial charge in [0.25, 0.3) is 11.8 Å². The molecule has 26 heavy (non-hydrogen) atoms. The van der Waals surface area contributed by atoms with Crippen molar-refractivity contribution in [1.29, 1.82) is 0 Å². The first-order valence-corrected chi connectivity index (χ1v) is 8.92. The van der Waals surface area contributed by atoms with Crippen molar-refractivity contribution in [3.05, 3.63) is 59.4 Å². The molecule has 3 rings (SSSR count). The molecule has 1 N–H and O–H groups in total. The molecule has 1 aliphatic rings. The maximum Gasteiger partial charge on any atom is 0.274 e. The van der Waals surface area contributed by atoms with Crippen molar-refractivity contribution in [1.82, 2.24) is 14.8 Å². The predicted octanol–water partition coefficient (Wildman–Crippen LogP) is 2.42. The summed E-state index contributed by atoms with van der Waals surface area (Å²) in [5.74, 6) is -0.369. The average molecular weight is 352 g/mol. The molecule has 1 aliphatic heterocycles. The summed E-state index contributed by atoms with van der Waals surface area (Å²) in [7, 11) is 0. The first-order valence-electron chi connectivity index (χ1n) is 8.92. The Kier molecular flexibility index (Phi) is 5.63. The van der Waals surface area contributed by atoms with Crippen molar-refractivity contribution >= 4 is 17.5 Å². The van der Waals surface area contributed by atoms with Crippen LogP contribution in [0.3, 0.4) is 0 Å². The van der Waals surface area contributed by atoms with E-state index in [1.54, 1.807) is 12.1 Å². The number of piperazine rings is 1. The molecule has 136 valence electrons. The second-order valence-corrected chi connectivity index (χ2v) is 6.48. The van der Waals surface area contributed by atoms with Crippen molar-refractivity contribution in [2.45, 2.75) is 13.8 Å². The molecule has 0 unspecified atom stereocenters. The van der Waals surface area contributed by atoms with E-state index < -0.39 is 0 Å². The fraction of sp³-hybridized carbons (Fsp3) is 0.350. The normalized spacial score (nSPS) is 14.9. The average Bonchev–Trinajstić information content (AvgIpc) is 2.69. The molecule has 0 bridgehead atoms. The van der Waals surface area contributed by atoms with E-state index in [4.69, 9.17) is 0 Å². The molecule has 1 fully saturated rings. The molecule has 0 saturated carbocycles. The second kappa shape index (κ2) is 8.10. The van der Waals surface area contributed by atoms with Crippen LogP contribution in [0.5, 0.6) is 0 Å². The van der Waals surface area contributed by atoms with Gasteiger partial charge in [0.15, 0.2) is 0 Å². The van der Waals surface area contributed by atoms with Crippen LogP contribution in [0, 0.1) is 6.92 Å². The van der Waals surface area contributed by atoms with Gasteiger partial charge in [0.1, 0.15) is 5.69 Å². The second-order valence-electron chi connectivity index (χ2n) is 6.48. The molecule has 0 spiro atoms. The van der Waals surface area contributed by atoms with E-state index in [1.807, 2.05) is 36.1 Å². The number of carbonyl (C=O) groups excluding carboxylic acids is 2. The number of hydrogen-bond acceptors (Lipinski definition) is 4. The standard InChI is InChI=1S/C20H24N4O2/c1-3-23-10-12-24(13-11-23)20(26)16-8-9-21-18(14-16)19(25)22-17-6-4-15(2)5-7-17/h4-9,14H,3,10-13H2,1-2H3,(H,22,25). The minimum Gasteiger partial charge on any atom is -0.336 e. The van der Waals surface area contributed by atoms with E-state index in [-0.39, 0.29) is 17.5 Å². The highest BCUT2D eigenvalue weighted by Crippen LogP contribution is 2.13. The Bertz CT molecular complexity index is 781. The zero-order valence-electron chi connectivity index (χ0n) is 15.2. The number of likely N-dealkylation sites (N-methyl/N-ethyl adjacent to an activating group) is 1. The summed E-state index contributed by atoms with van der Waals surface area (Å²) in [5.41, 5.74) is 2.56. The van der Waals surface area contributed by atoms with Gasteiger partial charge in [-0.1, -0.05) is 24.6 Å². The number of carbonyl (C=O) groups is 2. The third kappa shape index (κ3) is 4.26. The summed E-state index contributed by atoms with van der Waals surface area (Å²) < 4.78 is 0. The lowest BCUT2D eigenvalue weighted by molar-refractivity contribution is 0.0643. The maximum atomic E-state index is 12.7. The quantitative estimate of drug-likeness (QED) is 0.918. The van der Waals surface area contributed by atoms with Gasteiger partial charge in [0.2, 0.25) is 0 Å². The molecular weight excluding hydrogens is 328 g/mol. The molecule has 2 amide bonds. The van der Waals surface area contributed by atoms with Gasteiger partial charge < -0.3 is 15.1 Å². The topological polar surface area (TPSA) is 65.5 Å². The number of nitrogens with one attached hydrogen (secondary N) is 1. The van der Waals surface area contributed by atoms with Crippen LogP contribution >= 0.6 is 0 Å². The van der Waals surface area contributed by atoms with Gasteiger partial charge in [0, 0.05) is 43.6 Å². The van der Waals surface area contributed by atoms with Gasteiger partial charge in [0.05, 0.1) is 0 Å². The maximum absolute atomic E-state index is 12.7. The lowest BCUT2D eigenvalue weighted by atomic mass is 10.1. The van der Waals surface area contributed by atoms with Gasteiger partial charge in [-0.25, -0.2) is 0 Å². The Morgan fingerprint density at radius 1 is 1.08 bits per heavy atom. The molecule has 1 aromatic carbocycles. The fourth-order valence-electron chi connectivity index (χ4n) is 2.97. The minimum atomic E-state index is -0.320. The monoisotopic (exact) mass is 352 g/mol. The first kappa shape index (κ1) is 18.1. The van der Waals surface area contributed by atoms with Crippen LogP contribution in [0.25, 0.3) is 0 Å². The number of pyridine rings is 1. The highest BCUT2D eigenvalue weighted by atomic mass is 16.2. The van der Waals surface area contributed by atoms with Crippen LogP contribution < -0.4 is 5.32 Å². The molecule has 2 aromatic rings. The number of nitrogens with zero attached hydrogens (tertiary/aromatic N) is 3. The van der Waals surface area contributed by atoms with E-state index >= 15 is 0 Å². The zero-order chi connectivity index (χ0) is 18.5. The lowest BCUT2D eigenvalue weighted by Gasteiger charge is -2.34. The summed E-state index contributed by atoms with van der Waals surface area (Å²) in [6.45, 7) is 8.30. The zero-order valence-corrected chi connectivity index (χ0v) is 15.2. The number of aromatic nitrogens is 1. The Morgan fingerprint density at radius 2 is 1.77 bits per heavy atom. The smallest absolute Gasteiger partial charge is 0.274 e. The summed E-state index contributed by atoms with van der Waals surface area (Å²) in [6, 6.07) is 10.8. The molecule has 1 aromatic heterocycles. The van der Waals surface area contributed by atoms with Crippen LogP contribution in [-0.4, -0.2) is 59.3 Å². The molecule has 0 radical (unpaired) electrons. The molecular formula is C20H24N4O2. The summed E-state index contributed by atoms with van der Waals surface area (Å²) in [4.78, 5) is 33.4. The molecule has 0 atom stereocenters. The van der Waals surface area contributed by atoms with E-state index in [2.05, 4.69) is 22.1 Å². The van der Waals surface area contributed by atoms with Crippen molar-refractivity contribution in [3.8, 4) is 0 Å². The van der Waals surface area contributed by atoms with Crippen molar-refractivity contribution < 1.29 is 9.59 Å². The summed E-state index contributed by atoms with van der Waals surface area (Å²) in [5, 5.41) is 2.81. The van der Waals surface area contributed by atoms with Gasteiger partial charge in [-0.05, 0) is 37.7 Å². The number of amides is 2. The fourth-order valence-corrected chi connectivity index (χ4v) is 2.97. The Morgan fingerprint density at radius 3 is 2.42 bits per heavy atom. The minimum absolute atomic E-state index is 0.0486. The molecule has 2 heterocycles. The molecule has 6 heteroatoms. The van der Waals surface area contributed by atoms with Crippen LogP contribution in [0.2, 0.25) is 0 Å². The van der Waals surface area contributed by atoms with E-state index in [9.17, 15) is 9.59 Å². The first-order chi connectivity index (χ1) is 12.6. The van der Waals surface area contributed by atoms with Gasteiger partial charge in [-0.2, -0.15) is 0 Å². The summed E-state index contributed by atoms with van der Waals surface area (Å²) >= 11 is 0. The van der Waals surface area contributed by atoms with Crippen molar-refractivity contribution in [3.63, 3.8) is 0 Å². The summed E-state index contributed by atoms with van der Waals surface area (Å²) in [6.07, 6.45) is 1.51. The van der Waals surface area contributed by atoms with E-state index in [0.717, 1.165) is 25.2 Å². The number of benzene rings is 1. The van der Waals surface area contributed by atoms with Crippen LogP contribution in [0.1, 0.15) is 33.3 Å². The van der Waals surface area contributed by atoms with Gasteiger partial charge in [-0.15, -0.1) is 0 Å². The number of hydrogen-bond donors (Lipinski definition) is 1. The highest BCUT2D eigenvalue weighted by molar-refractivity contribution is 6.04. The third-order valence-corrected chi connectivity index (χ3v) is 4.66. The van der Waals surface area contributed by atoms with Gasteiger partial charge >= 0.3 is 0 Å². The lowest BCUT2D eigenvalue weighted by Crippen LogP contribution is -2.48. The predicted molar refractivity (Wildman–Crippen MR) is 101 cm³/mol.